The average Bonchev–Trinajstić information content (AvgIpc) is 2.39. The molecule has 19 heavy (non-hydrogen) atoms. The number of aryl methyl sites for hydroxylation is 1. The van der Waals surface area contributed by atoms with Crippen LogP contribution in [-0.4, -0.2) is 55.3 Å². The first-order chi connectivity index (χ1) is 9.16. The molecule has 5 heteroatoms. The Hall–Kier alpha value is -1.59. The van der Waals surface area contributed by atoms with E-state index in [1.807, 2.05) is 6.92 Å². The van der Waals surface area contributed by atoms with Gasteiger partial charge in [0.15, 0.2) is 0 Å². The van der Waals surface area contributed by atoms with E-state index in [2.05, 4.69) is 10.2 Å². The van der Waals surface area contributed by atoms with E-state index in [9.17, 15) is 9.90 Å². The van der Waals surface area contributed by atoms with E-state index in [4.69, 9.17) is 4.74 Å². The van der Waals surface area contributed by atoms with Crippen molar-refractivity contribution >= 4 is 5.91 Å². The van der Waals surface area contributed by atoms with E-state index in [1.165, 1.54) is 6.07 Å². The van der Waals surface area contributed by atoms with Crippen LogP contribution in [-0.2, 0) is 4.74 Å². The van der Waals surface area contributed by atoms with Crippen molar-refractivity contribution in [3.63, 3.8) is 0 Å². The number of nitrogens with zero attached hydrogens (tertiary/aromatic N) is 1. The Morgan fingerprint density at radius 1 is 1.42 bits per heavy atom. The summed E-state index contributed by atoms with van der Waals surface area (Å²) in [4.78, 5) is 14.3. The molecule has 0 saturated carbocycles. The first-order valence-electron chi connectivity index (χ1n) is 6.55. The van der Waals surface area contributed by atoms with Crippen LogP contribution < -0.4 is 5.32 Å². The number of nitrogens with one attached hydrogen (secondary N) is 1. The Morgan fingerprint density at radius 3 is 2.84 bits per heavy atom. The molecule has 2 N–H and O–H groups in total. The lowest BCUT2D eigenvalue weighted by Crippen LogP contribution is -2.41. The van der Waals surface area contributed by atoms with Gasteiger partial charge in [-0.2, -0.15) is 0 Å². The maximum Gasteiger partial charge on any atom is 0.251 e. The first kappa shape index (κ1) is 13.8. The smallest absolute Gasteiger partial charge is 0.251 e. The topological polar surface area (TPSA) is 61.8 Å². The summed E-state index contributed by atoms with van der Waals surface area (Å²) in [5.41, 5.74) is 1.39. The predicted octanol–water partition coefficient (Wildman–Crippen LogP) is 0.763. The highest BCUT2D eigenvalue weighted by Gasteiger charge is 2.12. The summed E-state index contributed by atoms with van der Waals surface area (Å²) >= 11 is 0. The Bertz CT molecular complexity index is 442. The lowest BCUT2D eigenvalue weighted by atomic mass is 10.1. The summed E-state index contributed by atoms with van der Waals surface area (Å²) in [6.45, 7) is 6.67. The van der Waals surface area contributed by atoms with E-state index < -0.39 is 0 Å². The molecule has 5 nitrogen and oxygen atoms in total. The van der Waals surface area contributed by atoms with Crippen molar-refractivity contribution in [3.8, 4) is 5.75 Å². The van der Waals surface area contributed by atoms with Gasteiger partial charge in [0.05, 0.1) is 13.2 Å². The van der Waals surface area contributed by atoms with Crippen LogP contribution in [0.4, 0.5) is 0 Å². The molecule has 1 heterocycles. The number of aromatic hydroxyl groups is 1. The van der Waals surface area contributed by atoms with Crippen LogP contribution in [0.15, 0.2) is 18.2 Å². The SMILES string of the molecule is Cc1cc(O)ccc1C(=O)NCCN1CCOCC1. The maximum atomic E-state index is 12.0. The van der Waals surface area contributed by atoms with E-state index in [1.54, 1.807) is 12.1 Å². The number of amides is 1. The zero-order valence-electron chi connectivity index (χ0n) is 11.2. The van der Waals surface area contributed by atoms with Gasteiger partial charge in [0.1, 0.15) is 5.75 Å². The fourth-order valence-corrected chi connectivity index (χ4v) is 2.15. The van der Waals surface area contributed by atoms with Crippen LogP contribution in [0.2, 0.25) is 0 Å². The van der Waals surface area contributed by atoms with Crippen LogP contribution in [0.5, 0.6) is 5.75 Å². The Morgan fingerprint density at radius 2 is 2.16 bits per heavy atom. The second-order valence-corrected chi connectivity index (χ2v) is 4.71. The summed E-state index contributed by atoms with van der Waals surface area (Å²) in [5, 5.41) is 12.2. The zero-order chi connectivity index (χ0) is 13.7. The molecule has 1 aromatic rings. The van der Waals surface area contributed by atoms with Crippen LogP contribution in [0.1, 0.15) is 15.9 Å². The number of ether oxygens (including phenoxy) is 1. The van der Waals surface area contributed by atoms with Gasteiger partial charge in [0, 0.05) is 31.7 Å². The van der Waals surface area contributed by atoms with Gasteiger partial charge in [-0.15, -0.1) is 0 Å². The lowest BCUT2D eigenvalue weighted by Gasteiger charge is -2.26. The minimum absolute atomic E-state index is 0.0919. The minimum atomic E-state index is -0.0919. The number of carbonyl (C=O) groups is 1. The summed E-state index contributed by atoms with van der Waals surface area (Å²) in [5.74, 6) is 0.0909. The highest BCUT2D eigenvalue weighted by Crippen LogP contribution is 2.15. The quantitative estimate of drug-likeness (QED) is 0.843. The molecule has 0 radical (unpaired) electrons. The summed E-state index contributed by atoms with van der Waals surface area (Å²) in [6.07, 6.45) is 0. The number of hydrogen-bond donors (Lipinski definition) is 2. The van der Waals surface area contributed by atoms with Crippen LogP contribution >= 0.6 is 0 Å². The lowest BCUT2D eigenvalue weighted by molar-refractivity contribution is 0.0383. The molecule has 1 amide bonds. The molecule has 1 fully saturated rings. The van der Waals surface area contributed by atoms with Crippen molar-refractivity contribution in [3.05, 3.63) is 29.3 Å². The molecular formula is C14H20N2O3. The fraction of sp³-hybridized carbons (Fsp3) is 0.500. The van der Waals surface area contributed by atoms with E-state index in [-0.39, 0.29) is 11.7 Å². The Kier molecular flexibility index (Phi) is 4.76. The zero-order valence-corrected chi connectivity index (χ0v) is 11.2. The van der Waals surface area contributed by atoms with Gasteiger partial charge in [0.25, 0.3) is 5.91 Å². The molecule has 1 saturated heterocycles. The van der Waals surface area contributed by atoms with Crippen molar-refractivity contribution in [2.75, 3.05) is 39.4 Å². The molecule has 0 atom stereocenters. The Balaban J connectivity index is 1.80. The molecule has 1 aliphatic rings. The third kappa shape index (κ3) is 3.94. The van der Waals surface area contributed by atoms with Gasteiger partial charge in [-0.25, -0.2) is 0 Å². The highest BCUT2D eigenvalue weighted by atomic mass is 16.5. The van der Waals surface area contributed by atoms with Crippen LogP contribution in [0, 0.1) is 6.92 Å². The largest absolute Gasteiger partial charge is 0.508 e. The Labute approximate surface area is 113 Å². The van der Waals surface area contributed by atoms with Gasteiger partial charge >= 0.3 is 0 Å². The normalized spacial score (nSPS) is 16.3. The fourth-order valence-electron chi connectivity index (χ4n) is 2.15. The number of hydrogen-bond acceptors (Lipinski definition) is 4. The van der Waals surface area contributed by atoms with E-state index >= 15 is 0 Å². The minimum Gasteiger partial charge on any atom is -0.508 e. The highest BCUT2D eigenvalue weighted by molar-refractivity contribution is 5.95. The molecule has 0 spiro atoms. The predicted molar refractivity (Wildman–Crippen MR) is 72.4 cm³/mol. The molecule has 0 bridgehead atoms. The van der Waals surface area contributed by atoms with Crippen LogP contribution in [0.3, 0.4) is 0 Å². The molecular weight excluding hydrogens is 244 g/mol. The number of morpholine rings is 1. The number of benzene rings is 1. The van der Waals surface area contributed by atoms with Crippen molar-refractivity contribution < 1.29 is 14.6 Å². The van der Waals surface area contributed by atoms with Gasteiger partial charge in [-0.05, 0) is 30.7 Å². The maximum absolute atomic E-state index is 12.0. The van der Waals surface area contributed by atoms with Gasteiger partial charge < -0.3 is 15.2 Å². The van der Waals surface area contributed by atoms with Gasteiger partial charge in [-0.1, -0.05) is 0 Å². The molecule has 0 aromatic heterocycles. The first-order valence-corrected chi connectivity index (χ1v) is 6.55. The number of rotatable bonds is 4. The number of carbonyl (C=O) groups excluding carboxylic acids is 1. The van der Waals surface area contributed by atoms with Gasteiger partial charge in [-0.3, -0.25) is 9.69 Å². The van der Waals surface area contributed by atoms with Crippen molar-refractivity contribution in [2.24, 2.45) is 0 Å². The second-order valence-electron chi connectivity index (χ2n) is 4.71. The van der Waals surface area contributed by atoms with Crippen molar-refractivity contribution in [1.82, 2.24) is 10.2 Å². The molecule has 0 unspecified atom stereocenters. The van der Waals surface area contributed by atoms with E-state index in [0.29, 0.717) is 12.1 Å². The third-order valence-electron chi connectivity index (χ3n) is 3.27. The molecule has 104 valence electrons. The van der Waals surface area contributed by atoms with E-state index in [0.717, 1.165) is 38.4 Å². The molecule has 0 aliphatic carbocycles. The summed E-state index contributed by atoms with van der Waals surface area (Å²) < 4.78 is 5.27. The standard InChI is InChI=1S/C14H20N2O3/c1-11-10-12(17)2-3-13(11)14(18)15-4-5-16-6-8-19-9-7-16/h2-3,10,17H,4-9H2,1H3,(H,15,18). The van der Waals surface area contributed by atoms with Crippen molar-refractivity contribution in [1.29, 1.82) is 0 Å². The van der Waals surface area contributed by atoms with Crippen LogP contribution in [0.25, 0.3) is 0 Å². The molecule has 2 rings (SSSR count). The monoisotopic (exact) mass is 264 g/mol. The summed E-state index contributed by atoms with van der Waals surface area (Å²) in [7, 11) is 0. The molecule has 1 aromatic carbocycles. The van der Waals surface area contributed by atoms with Gasteiger partial charge in [0.2, 0.25) is 0 Å². The third-order valence-corrected chi connectivity index (χ3v) is 3.27. The second kappa shape index (κ2) is 6.54. The molecule has 1 aliphatic heterocycles. The average molecular weight is 264 g/mol. The number of phenols is 1. The van der Waals surface area contributed by atoms with Crippen molar-refractivity contribution in [2.45, 2.75) is 6.92 Å². The number of phenolic OH excluding ortho intramolecular Hbond substituents is 1. The summed E-state index contributed by atoms with van der Waals surface area (Å²) in [6, 6.07) is 4.77.